The van der Waals surface area contributed by atoms with E-state index in [0.29, 0.717) is 6.61 Å². The summed E-state index contributed by atoms with van der Waals surface area (Å²) in [5, 5.41) is 0. The maximum atomic E-state index is 11.8. The van der Waals surface area contributed by atoms with Crippen LogP contribution in [0.5, 0.6) is 0 Å². The van der Waals surface area contributed by atoms with E-state index < -0.39 is 15.2 Å². The summed E-state index contributed by atoms with van der Waals surface area (Å²) in [5.74, 6) is 0. The molecule has 98 valence electrons. The fraction of sp³-hybridized carbons (Fsp3) is 1.00. The minimum Gasteiger partial charge on any atom is -0.293 e. The van der Waals surface area contributed by atoms with Crippen molar-refractivity contribution in [2.75, 3.05) is 27.0 Å². The highest BCUT2D eigenvalue weighted by atomic mass is 31.3. The van der Waals surface area contributed by atoms with Gasteiger partial charge in [0, 0.05) is 20.4 Å². The largest absolute Gasteiger partial charge is 0.480 e. The molecule has 0 aliphatic heterocycles. The average Bonchev–Trinajstić information content (AvgIpc) is 2.15. The first-order valence-electron chi connectivity index (χ1n) is 5.39. The normalized spacial score (nSPS) is 16.0. The summed E-state index contributed by atoms with van der Waals surface area (Å²) >= 11 is 0. The Bertz CT molecular complexity index is 273. The second-order valence-electron chi connectivity index (χ2n) is 3.86. The van der Waals surface area contributed by atoms with Gasteiger partial charge in [-0.1, -0.05) is 26.2 Å². The van der Waals surface area contributed by atoms with Crippen LogP contribution in [0.2, 0.25) is 0 Å². The molecule has 16 heavy (non-hydrogen) atoms. The third kappa shape index (κ3) is 8.49. The Kier molecular flexibility index (Phi) is 7.79. The third-order valence-corrected chi connectivity index (χ3v) is 5.09. The molecule has 1 unspecified atom stereocenters. The van der Waals surface area contributed by atoms with E-state index in [9.17, 15) is 9.13 Å². The Morgan fingerprint density at radius 2 is 1.69 bits per heavy atom. The molecular weight excluding hydrogens is 250 g/mol. The van der Waals surface area contributed by atoms with E-state index in [0.717, 1.165) is 25.7 Å². The van der Waals surface area contributed by atoms with E-state index in [4.69, 9.17) is 8.83 Å². The van der Waals surface area contributed by atoms with Gasteiger partial charge in [-0.15, -0.1) is 0 Å². The molecule has 7 heteroatoms. The van der Waals surface area contributed by atoms with Gasteiger partial charge in [-0.05, 0) is 6.42 Å². The van der Waals surface area contributed by atoms with E-state index in [1.54, 1.807) is 0 Å². The molecule has 0 rings (SSSR count). The molecule has 0 saturated carbocycles. The Balaban J connectivity index is 3.99. The predicted octanol–water partition coefficient (Wildman–Crippen LogP) is 3.89. The quantitative estimate of drug-likeness (QED) is 0.470. The molecule has 0 fully saturated rings. The van der Waals surface area contributed by atoms with Crippen LogP contribution in [0.1, 0.15) is 32.6 Å². The molecule has 0 aromatic heterocycles. The van der Waals surface area contributed by atoms with Crippen LogP contribution >= 0.6 is 15.2 Å². The van der Waals surface area contributed by atoms with Gasteiger partial charge in [-0.3, -0.25) is 13.6 Å². The third-order valence-electron chi connectivity index (χ3n) is 1.77. The summed E-state index contributed by atoms with van der Waals surface area (Å²) in [6.07, 6.45) is 4.04. The highest BCUT2D eigenvalue weighted by Crippen LogP contribution is 2.61. The zero-order chi connectivity index (χ0) is 12.7. The molecule has 0 N–H and O–H groups in total. The molecule has 0 aromatic carbocycles. The zero-order valence-electron chi connectivity index (χ0n) is 10.5. The number of hydrogen-bond donors (Lipinski definition) is 0. The number of rotatable bonds is 9. The maximum absolute atomic E-state index is 11.8. The average molecular weight is 272 g/mol. The molecule has 0 aliphatic rings. The molecule has 0 spiro atoms. The molecule has 0 amide bonds. The van der Waals surface area contributed by atoms with Gasteiger partial charge >= 0.3 is 7.82 Å². The highest BCUT2D eigenvalue weighted by Gasteiger charge is 2.30. The summed E-state index contributed by atoms with van der Waals surface area (Å²) < 4.78 is 37.7. The Labute approximate surface area is 97.9 Å². The first kappa shape index (κ1) is 16.3. The van der Waals surface area contributed by atoms with E-state index >= 15 is 0 Å². The fourth-order valence-electron chi connectivity index (χ4n) is 1.06. The molecular formula is C9H22O5P2. The van der Waals surface area contributed by atoms with Gasteiger partial charge in [0.05, 0.1) is 6.61 Å². The molecule has 0 saturated heterocycles. The van der Waals surface area contributed by atoms with Crippen molar-refractivity contribution in [3.8, 4) is 0 Å². The second kappa shape index (κ2) is 7.62. The standard InChI is InChI=1S/C9H22O5P2/c1-5-6-7-8-9-13-16(11,12-2)14-15(3,4)10/h5-9H2,1-4H3. The lowest BCUT2D eigenvalue weighted by molar-refractivity contribution is 0.178. The molecule has 0 heterocycles. The van der Waals surface area contributed by atoms with Crippen LogP contribution in [0, 0.1) is 0 Å². The van der Waals surface area contributed by atoms with Crippen molar-refractivity contribution in [1.29, 1.82) is 0 Å². The molecule has 5 nitrogen and oxygen atoms in total. The van der Waals surface area contributed by atoms with E-state index in [1.807, 2.05) is 0 Å². The summed E-state index contributed by atoms with van der Waals surface area (Å²) in [7, 11) is -5.29. The second-order valence-corrected chi connectivity index (χ2v) is 8.53. The van der Waals surface area contributed by atoms with Crippen LogP contribution in [0.3, 0.4) is 0 Å². The summed E-state index contributed by atoms with van der Waals surface area (Å²) in [5.41, 5.74) is 0. The van der Waals surface area contributed by atoms with Crippen LogP contribution in [0.4, 0.5) is 0 Å². The van der Waals surface area contributed by atoms with Crippen molar-refractivity contribution in [3.05, 3.63) is 0 Å². The number of phosphoric acid groups is 1. The van der Waals surface area contributed by atoms with E-state index in [-0.39, 0.29) is 0 Å². The minimum atomic E-state index is -3.63. The lowest BCUT2D eigenvalue weighted by atomic mass is 10.2. The zero-order valence-corrected chi connectivity index (χ0v) is 12.3. The molecule has 0 bridgehead atoms. The maximum Gasteiger partial charge on any atom is 0.480 e. The van der Waals surface area contributed by atoms with Crippen molar-refractivity contribution < 1.29 is 22.5 Å². The monoisotopic (exact) mass is 272 g/mol. The molecule has 0 radical (unpaired) electrons. The van der Waals surface area contributed by atoms with Crippen LogP contribution in [0.25, 0.3) is 0 Å². The van der Waals surface area contributed by atoms with E-state index in [1.165, 1.54) is 20.4 Å². The van der Waals surface area contributed by atoms with Crippen LogP contribution < -0.4 is 0 Å². The van der Waals surface area contributed by atoms with Gasteiger partial charge in [0.15, 0.2) is 0 Å². The predicted molar refractivity (Wildman–Crippen MR) is 65.2 cm³/mol. The smallest absolute Gasteiger partial charge is 0.293 e. The lowest BCUT2D eigenvalue weighted by Gasteiger charge is -2.17. The molecule has 0 aliphatic carbocycles. The van der Waals surface area contributed by atoms with Crippen molar-refractivity contribution >= 4 is 15.2 Å². The highest BCUT2D eigenvalue weighted by molar-refractivity contribution is 7.67. The topological polar surface area (TPSA) is 61.8 Å². The first-order valence-corrected chi connectivity index (χ1v) is 9.37. The van der Waals surface area contributed by atoms with Crippen molar-refractivity contribution in [1.82, 2.24) is 0 Å². The van der Waals surface area contributed by atoms with Gasteiger partial charge in [0.25, 0.3) is 0 Å². The fourth-order valence-corrected chi connectivity index (χ4v) is 3.90. The SMILES string of the molecule is CCCCCCOP(=O)(OC)OP(C)(C)=O. The Hall–Kier alpha value is 0.340. The van der Waals surface area contributed by atoms with Crippen molar-refractivity contribution in [2.45, 2.75) is 32.6 Å². The minimum absolute atomic E-state index is 0.297. The summed E-state index contributed by atoms with van der Waals surface area (Å²) in [4.78, 5) is 0. The number of hydrogen-bond acceptors (Lipinski definition) is 5. The van der Waals surface area contributed by atoms with Gasteiger partial charge in [0.1, 0.15) is 0 Å². The Morgan fingerprint density at radius 1 is 1.06 bits per heavy atom. The summed E-state index contributed by atoms with van der Waals surface area (Å²) in [6, 6.07) is 0. The van der Waals surface area contributed by atoms with Gasteiger partial charge < -0.3 is 0 Å². The van der Waals surface area contributed by atoms with Gasteiger partial charge in [0.2, 0.25) is 7.37 Å². The number of phosphoric ester groups is 1. The van der Waals surface area contributed by atoms with Crippen LogP contribution in [-0.2, 0) is 22.5 Å². The summed E-state index contributed by atoms with van der Waals surface area (Å²) in [6.45, 7) is 5.15. The molecule has 1 atom stereocenters. The molecule has 0 aromatic rings. The van der Waals surface area contributed by atoms with E-state index in [2.05, 4.69) is 11.4 Å². The van der Waals surface area contributed by atoms with Crippen LogP contribution in [-0.4, -0.2) is 27.0 Å². The Morgan fingerprint density at radius 3 is 2.12 bits per heavy atom. The number of unbranched alkanes of at least 4 members (excludes halogenated alkanes) is 3. The van der Waals surface area contributed by atoms with Gasteiger partial charge in [-0.2, -0.15) is 0 Å². The van der Waals surface area contributed by atoms with Gasteiger partial charge in [-0.25, -0.2) is 8.88 Å². The van der Waals surface area contributed by atoms with Crippen molar-refractivity contribution in [2.24, 2.45) is 0 Å². The first-order chi connectivity index (χ1) is 7.33. The lowest BCUT2D eigenvalue weighted by Crippen LogP contribution is -1.98. The van der Waals surface area contributed by atoms with Crippen molar-refractivity contribution in [3.63, 3.8) is 0 Å². The van der Waals surface area contributed by atoms with Crippen LogP contribution in [0.15, 0.2) is 0 Å².